The highest BCUT2D eigenvalue weighted by Gasteiger charge is 2.09. The number of hydrogen-bond donors (Lipinski definition) is 2. The molecule has 0 spiro atoms. The summed E-state index contributed by atoms with van der Waals surface area (Å²) in [5, 5.41) is 17.0. The van der Waals surface area contributed by atoms with E-state index < -0.39 is 11.9 Å². The van der Waals surface area contributed by atoms with Crippen LogP contribution in [0.3, 0.4) is 0 Å². The van der Waals surface area contributed by atoms with Gasteiger partial charge in [-0.1, -0.05) is 12.5 Å². The Labute approximate surface area is 83.2 Å². The first-order valence-electron chi connectivity index (χ1n) is 4.56. The average Bonchev–Trinajstić information content (AvgIpc) is 2.02. The van der Waals surface area contributed by atoms with Gasteiger partial charge in [0.25, 0.3) is 0 Å². The molecule has 0 aromatic carbocycles. The molecule has 4 nitrogen and oxygen atoms in total. The van der Waals surface area contributed by atoms with Gasteiger partial charge in [-0.05, 0) is 26.2 Å². The molecule has 1 atom stereocenters. The van der Waals surface area contributed by atoms with Crippen LogP contribution >= 0.6 is 0 Å². The molecule has 0 rings (SSSR count). The smallest absolute Gasteiger partial charge is 0.328 e. The molecule has 4 heteroatoms. The molecule has 0 bridgehead atoms. The number of hydrogen-bond acceptors (Lipinski definition) is 2. The van der Waals surface area contributed by atoms with Crippen LogP contribution in [0, 0.1) is 5.92 Å². The number of aliphatic carboxylic acids is 2. The van der Waals surface area contributed by atoms with Crippen molar-refractivity contribution in [3.8, 4) is 0 Å². The lowest BCUT2D eigenvalue weighted by Crippen LogP contribution is -2.08. The molecule has 2 N–H and O–H groups in total. The molecule has 0 aliphatic rings. The fraction of sp³-hybridized carbons (Fsp3) is 0.600. The summed E-state index contributed by atoms with van der Waals surface area (Å²) in [6.45, 7) is 3.39. The van der Waals surface area contributed by atoms with E-state index in [1.807, 2.05) is 0 Å². The number of carboxylic acids is 2. The molecule has 0 aromatic heterocycles. The molecule has 14 heavy (non-hydrogen) atoms. The van der Waals surface area contributed by atoms with Crippen molar-refractivity contribution in [3.05, 3.63) is 11.6 Å². The predicted octanol–water partition coefficient (Wildman–Crippen LogP) is 1.91. The quantitative estimate of drug-likeness (QED) is 0.642. The van der Waals surface area contributed by atoms with Gasteiger partial charge in [0.2, 0.25) is 0 Å². The van der Waals surface area contributed by atoms with Gasteiger partial charge in [0, 0.05) is 6.08 Å². The van der Waals surface area contributed by atoms with Crippen molar-refractivity contribution in [3.63, 3.8) is 0 Å². The van der Waals surface area contributed by atoms with E-state index in [-0.39, 0.29) is 5.92 Å². The van der Waals surface area contributed by atoms with Crippen LogP contribution in [0.2, 0.25) is 0 Å². The molecule has 0 aliphatic heterocycles. The van der Waals surface area contributed by atoms with Crippen LogP contribution in [0.25, 0.3) is 0 Å². The van der Waals surface area contributed by atoms with E-state index in [9.17, 15) is 9.59 Å². The standard InChI is InChI=1S/C10H16O4/c1-7(6-9(11)12)4-3-5-8(2)10(13)14/h6,8H,3-5H2,1-2H3,(H,11,12)(H,13,14)/b7-6+/t8-/m0/s1. The Morgan fingerprint density at radius 2 is 1.93 bits per heavy atom. The molecular formula is C10H16O4. The van der Waals surface area contributed by atoms with E-state index in [0.29, 0.717) is 19.3 Å². The third-order valence-corrected chi connectivity index (χ3v) is 2.00. The molecule has 80 valence electrons. The number of carboxylic acid groups (broad SMARTS) is 2. The van der Waals surface area contributed by atoms with E-state index in [4.69, 9.17) is 10.2 Å². The second kappa shape index (κ2) is 6.18. The highest BCUT2D eigenvalue weighted by Crippen LogP contribution is 2.12. The van der Waals surface area contributed by atoms with E-state index in [1.165, 1.54) is 0 Å². The highest BCUT2D eigenvalue weighted by atomic mass is 16.4. The number of allylic oxidation sites excluding steroid dienone is 1. The Bertz CT molecular complexity index is 243. The molecule has 0 radical (unpaired) electrons. The van der Waals surface area contributed by atoms with E-state index in [2.05, 4.69) is 0 Å². The largest absolute Gasteiger partial charge is 0.481 e. The summed E-state index contributed by atoms with van der Waals surface area (Å²) in [4.78, 5) is 20.7. The summed E-state index contributed by atoms with van der Waals surface area (Å²) >= 11 is 0. The molecule has 0 saturated carbocycles. The lowest BCUT2D eigenvalue weighted by Gasteiger charge is -2.05. The van der Waals surface area contributed by atoms with Crippen molar-refractivity contribution in [2.75, 3.05) is 0 Å². The highest BCUT2D eigenvalue weighted by molar-refractivity contribution is 5.80. The predicted molar refractivity (Wildman–Crippen MR) is 52.0 cm³/mol. The van der Waals surface area contributed by atoms with Crippen molar-refractivity contribution in [2.45, 2.75) is 33.1 Å². The summed E-state index contributed by atoms with van der Waals surface area (Å²) in [5.41, 5.74) is 0.773. The normalized spacial score (nSPS) is 13.7. The van der Waals surface area contributed by atoms with Crippen LogP contribution < -0.4 is 0 Å². The second-order valence-electron chi connectivity index (χ2n) is 3.46. The maximum absolute atomic E-state index is 10.4. The fourth-order valence-corrected chi connectivity index (χ4v) is 1.09. The van der Waals surface area contributed by atoms with Crippen LogP contribution in [0.5, 0.6) is 0 Å². The van der Waals surface area contributed by atoms with Gasteiger partial charge in [0.15, 0.2) is 0 Å². The van der Waals surface area contributed by atoms with Crippen molar-refractivity contribution in [2.24, 2.45) is 5.92 Å². The van der Waals surface area contributed by atoms with Crippen LogP contribution in [-0.4, -0.2) is 22.2 Å². The molecule has 0 aromatic rings. The topological polar surface area (TPSA) is 74.6 Å². The minimum absolute atomic E-state index is 0.354. The van der Waals surface area contributed by atoms with Gasteiger partial charge in [0.05, 0.1) is 5.92 Å². The molecular weight excluding hydrogens is 184 g/mol. The van der Waals surface area contributed by atoms with Gasteiger partial charge in [0.1, 0.15) is 0 Å². The fourth-order valence-electron chi connectivity index (χ4n) is 1.09. The summed E-state index contributed by atoms with van der Waals surface area (Å²) in [5.74, 6) is -2.11. The Balaban J connectivity index is 3.74. The maximum atomic E-state index is 10.4. The SMILES string of the molecule is C/C(=C\C(=O)O)CCC[C@H](C)C(=O)O. The second-order valence-corrected chi connectivity index (χ2v) is 3.46. The first kappa shape index (κ1) is 12.7. The van der Waals surface area contributed by atoms with E-state index in [1.54, 1.807) is 13.8 Å². The third-order valence-electron chi connectivity index (χ3n) is 2.00. The minimum atomic E-state index is -0.950. The zero-order valence-electron chi connectivity index (χ0n) is 8.49. The van der Waals surface area contributed by atoms with Gasteiger partial charge in [-0.25, -0.2) is 4.79 Å². The van der Waals surface area contributed by atoms with Gasteiger partial charge < -0.3 is 10.2 Å². The van der Waals surface area contributed by atoms with Crippen LogP contribution in [-0.2, 0) is 9.59 Å². The van der Waals surface area contributed by atoms with Crippen LogP contribution in [0.4, 0.5) is 0 Å². The van der Waals surface area contributed by atoms with Gasteiger partial charge in [-0.3, -0.25) is 4.79 Å². The summed E-state index contributed by atoms with van der Waals surface area (Å²) in [6.07, 6.45) is 3.10. The zero-order valence-corrected chi connectivity index (χ0v) is 8.49. The molecule has 0 heterocycles. The Hall–Kier alpha value is -1.32. The van der Waals surface area contributed by atoms with E-state index >= 15 is 0 Å². The van der Waals surface area contributed by atoms with Crippen molar-refractivity contribution >= 4 is 11.9 Å². The summed E-state index contributed by atoms with van der Waals surface area (Å²) < 4.78 is 0. The maximum Gasteiger partial charge on any atom is 0.328 e. The molecule has 0 amide bonds. The lowest BCUT2D eigenvalue weighted by atomic mass is 10.0. The van der Waals surface area contributed by atoms with Crippen LogP contribution in [0.15, 0.2) is 11.6 Å². The van der Waals surface area contributed by atoms with Crippen LogP contribution in [0.1, 0.15) is 33.1 Å². The Kier molecular flexibility index (Phi) is 5.60. The van der Waals surface area contributed by atoms with Gasteiger partial charge in [-0.2, -0.15) is 0 Å². The van der Waals surface area contributed by atoms with Crippen molar-refractivity contribution in [1.29, 1.82) is 0 Å². The summed E-state index contributed by atoms with van der Waals surface area (Å²) in [7, 11) is 0. The lowest BCUT2D eigenvalue weighted by molar-refractivity contribution is -0.141. The van der Waals surface area contributed by atoms with Gasteiger partial charge >= 0.3 is 11.9 Å². The molecule has 0 saturated heterocycles. The summed E-state index contributed by atoms with van der Waals surface area (Å²) in [6, 6.07) is 0. The van der Waals surface area contributed by atoms with Gasteiger partial charge in [-0.15, -0.1) is 0 Å². The molecule has 0 aliphatic carbocycles. The zero-order chi connectivity index (χ0) is 11.1. The Morgan fingerprint density at radius 3 is 2.36 bits per heavy atom. The van der Waals surface area contributed by atoms with Crippen molar-refractivity contribution < 1.29 is 19.8 Å². The average molecular weight is 200 g/mol. The minimum Gasteiger partial charge on any atom is -0.481 e. The number of carbonyl (C=O) groups is 2. The Morgan fingerprint density at radius 1 is 1.36 bits per heavy atom. The first-order chi connectivity index (χ1) is 6.43. The molecule has 0 fully saturated rings. The first-order valence-corrected chi connectivity index (χ1v) is 4.56. The third kappa shape index (κ3) is 6.22. The van der Waals surface area contributed by atoms with E-state index in [0.717, 1.165) is 11.6 Å². The van der Waals surface area contributed by atoms with Crippen molar-refractivity contribution in [1.82, 2.24) is 0 Å². The number of rotatable bonds is 6. The monoisotopic (exact) mass is 200 g/mol. The molecule has 0 unspecified atom stereocenters.